The van der Waals surface area contributed by atoms with Crippen molar-refractivity contribution in [2.75, 3.05) is 5.32 Å². The lowest BCUT2D eigenvalue weighted by Gasteiger charge is -2.03. The van der Waals surface area contributed by atoms with Gasteiger partial charge in [0.2, 0.25) is 0 Å². The summed E-state index contributed by atoms with van der Waals surface area (Å²) in [5.41, 5.74) is 8.31. The van der Waals surface area contributed by atoms with Gasteiger partial charge in [0.15, 0.2) is 11.5 Å². The minimum Gasteiger partial charge on any atom is -0.324 e. The maximum absolute atomic E-state index is 12.2. The number of aromatic amines is 2. The molecule has 8 nitrogen and oxygen atoms in total. The van der Waals surface area contributed by atoms with Crippen LogP contribution in [-0.2, 0) is 6.54 Å². The van der Waals surface area contributed by atoms with Crippen molar-refractivity contribution in [1.82, 2.24) is 25.4 Å². The van der Waals surface area contributed by atoms with Crippen LogP contribution in [0, 0.1) is 0 Å². The summed E-state index contributed by atoms with van der Waals surface area (Å²) < 4.78 is 0. The van der Waals surface area contributed by atoms with Gasteiger partial charge < -0.3 is 11.1 Å². The van der Waals surface area contributed by atoms with E-state index in [0.29, 0.717) is 29.6 Å². The Morgan fingerprint density at radius 3 is 2.48 bits per heavy atom. The van der Waals surface area contributed by atoms with Gasteiger partial charge in [0, 0.05) is 16.9 Å². The second kappa shape index (κ2) is 7.91. The largest absolute Gasteiger partial charge is 0.324 e. The highest BCUT2D eigenvalue weighted by Crippen LogP contribution is 2.19. The van der Waals surface area contributed by atoms with Crippen molar-refractivity contribution in [3.8, 4) is 11.4 Å². The van der Waals surface area contributed by atoms with Crippen molar-refractivity contribution in [2.24, 2.45) is 5.73 Å². The lowest BCUT2D eigenvalue weighted by molar-refractivity contribution is 0.102. The zero-order chi connectivity index (χ0) is 17.1. The van der Waals surface area contributed by atoms with E-state index in [1.807, 2.05) is 26.0 Å². The average Bonchev–Trinajstić information content (AvgIpc) is 3.25. The number of nitrogens with zero attached hydrogens (tertiary/aromatic N) is 3. The van der Waals surface area contributed by atoms with Crippen LogP contribution in [0.1, 0.15) is 41.8 Å². The standard InChI is InChI=1S/C16H19N7O.ClH/c1-9(2)12-7-13(21-20-12)16(24)18-11-5-3-10(4-6-11)15-19-14(8-17)22-23-15;/h3-7,9H,8,17H2,1-2H3,(H,18,24)(H,20,21)(H,19,22,23);1H. The molecule has 2 aromatic heterocycles. The van der Waals surface area contributed by atoms with Gasteiger partial charge >= 0.3 is 0 Å². The number of anilines is 1. The highest BCUT2D eigenvalue weighted by molar-refractivity contribution is 6.03. The molecule has 0 aliphatic carbocycles. The summed E-state index contributed by atoms with van der Waals surface area (Å²) in [4.78, 5) is 16.5. The van der Waals surface area contributed by atoms with Gasteiger partial charge in [-0.1, -0.05) is 13.8 Å². The van der Waals surface area contributed by atoms with Gasteiger partial charge in [-0.3, -0.25) is 15.0 Å². The Balaban J connectivity index is 0.00000225. The topological polar surface area (TPSA) is 125 Å². The second-order valence-corrected chi connectivity index (χ2v) is 5.70. The SMILES string of the molecule is CC(C)c1cc(C(=O)Nc2ccc(-c3n[nH]c(CN)n3)cc2)n[nH]1.Cl. The number of amides is 1. The first-order valence-electron chi connectivity index (χ1n) is 7.65. The molecule has 3 rings (SSSR count). The number of nitrogens with one attached hydrogen (secondary N) is 3. The maximum atomic E-state index is 12.2. The molecule has 0 saturated heterocycles. The quantitative estimate of drug-likeness (QED) is 0.555. The number of halogens is 1. The molecular formula is C16H20ClN7O. The summed E-state index contributed by atoms with van der Waals surface area (Å²) >= 11 is 0. The van der Waals surface area contributed by atoms with Crippen molar-refractivity contribution in [3.63, 3.8) is 0 Å². The number of carbonyl (C=O) groups is 1. The van der Waals surface area contributed by atoms with Crippen molar-refractivity contribution in [1.29, 1.82) is 0 Å². The van der Waals surface area contributed by atoms with Crippen molar-refractivity contribution < 1.29 is 4.79 Å². The smallest absolute Gasteiger partial charge is 0.276 e. The van der Waals surface area contributed by atoms with Gasteiger partial charge in [0.25, 0.3) is 5.91 Å². The number of benzene rings is 1. The van der Waals surface area contributed by atoms with E-state index in [1.165, 1.54) is 0 Å². The Kier molecular flexibility index (Phi) is 5.89. The van der Waals surface area contributed by atoms with Crippen LogP contribution in [-0.4, -0.2) is 31.3 Å². The number of hydrogen-bond donors (Lipinski definition) is 4. The molecule has 2 heterocycles. The Morgan fingerprint density at radius 1 is 1.20 bits per heavy atom. The van der Waals surface area contributed by atoms with Gasteiger partial charge in [-0.2, -0.15) is 10.2 Å². The van der Waals surface area contributed by atoms with Crippen LogP contribution < -0.4 is 11.1 Å². The van der Waals surface area contributed by atoms with Crippen LogP contribution in [0.4, 0.5) is 5.69 Å². The monoisotopic (exact) mass is 361 g/mol. The second-order valence-electron chi connectivity index (χ2n) is 5.70. The minimum absolute atomic E-state index is 0. The molecule has 1 amide bonds. The predicted molar refractivity (Wildman–Crippen MR) is 97.6 cm³/mol. The summed E-state index contributed by atoms with van der Waals surface area (Å²) in [5, 5.41) is 16.6. The van der Waals surface area contributed by atoms with E-state index in [9.17, 15) is 4.79 Å². The Morgan fingerprint density at radius 2 is 1.92 bits per heavy atom. The van der Waals surface area contributed by atoms with E-state index in [0.717, 1.165) is 11.3 Å². The molecule has 0 fully saturated rings. The molecular weight excluding hydrogens is 342 g/mol. The molecule has 3 aromatic rings. The molecule has 25 heavy (non-hydrogen) atoms. The molecule has 0 bridgehead atoms. The number of hydrogen-bond acceptors (Lipinski definition) is 5. The van der Waals surface area contributed by atoms with Crippen LogP contribution in [0.25, 0.3) is 11.4 Å². The molecule has 132 valence electrons. The fourth-order valence-corrected chi connectivity index (χ4v) is 2.16. The lowest BCUT2D eigenvalue weighted by atomic mass is 10.1. The van der Waals surface area contributed by atoms with Crippen LogP contribution in [0.15, 0.2) is 30.3 Å². The minimum atomic E-state index is -0.255. The summed E-state index contributed by atoms with van der Waals surface area (Å²) in [7, 11) is 0. The first-order chi connectivity index (χ1) is 11.6. The highest BCUT2D eigenvalue weighted by atomic mass is 35.5. The predicted octanol–water partition coefficient (Wildman–Crippen LogP) is 2.45. The van der Waals surface area contributed by atoms with Crippen molar-refractivity contribution in [2.45, 2.75) is 26.3 Å². The zero-order valence-electron chi connectivity index (χ0n) is 13.9. The number of nitrogens with two attached hydrogens (primary N) is 1. The first kappa shape index (κ1) is 18.6. The van der Waals surface area contributed by atoms with Gasteiger partial charge in [-0.15, -0.1) is 12.4 Å². The molecule has 0 aliphatic heterocycles. The van der Waals surface area contributed by atoms with E-state index < -0.39 is 0 Å². The van der Waals surface area contributed by atoms with Gasteiger partial charge in [-0.05, 0) is 36.2 Å². The fraction of sp³-hybridized carbons (Fsp3) is 0.250. The molecule has 0 spiro atoms. The van der Waals surface area contributed by atoms with Crippen molar-refractivity contribution >= 4 is 24.0 Å². The number of rotatable bonds is 5. The maximum Gasteiger partial charge on any atom is 0.276 e. The summed E-state index contributed by atoms with van der Waals surface area (Å²) in [6, 6.07) is 9.02. The summed E-state index contributed by atoms with van der Waals surface area (Å²) in [6.07, 6.45) is 0. The fourth-order valence-electron chi connectivity index (χ4n) is 2.16. The molecule has 1 aromatic carbocycles. The molecule has 9 heteroatoms. The molecule has 0 aliphatic rings. The van der Waals surface area contributed by atoms with E-state index in [-0.39, 0.29) is 24.2 Å². The molecule has 0 unspecified atom stereocenters. The van der Waals surface area contributed by atoms with Crippen LogP contribution in [0.5, 0.6) is 0 Å². The summed E-state index contributed by atoms with van der Waals surface area (Å²) in [5.74, 6) is 1.23. The van der Waals surface area contributed by atoms with Gasteiger partial charge in [0.05, 0.1) is 6.54 Å². The van der Waals surface area contributed by atoms with Crippen LogP contribution in [0.2, 0.25) is 0 Å². The Bertz CT molecular complexity index is 838. The van der Waals surface area contributed by atoms with Crippen LogP contribution in [0.3, 0.4) is 0 Å². The number of carbonyl (C=O) groups excluding carboxylic acids is 1. The molecule has 0 radical (unpaired) electrons. The molecule has 0 saturated carbocycles. The Labute approximate surface area is 151 Å². The normalized spacial score (nSPS) is 10.6. The number of H-pyrrole nitrogens is 2. The van der Waals surface area contributed by atoms with E-state index >= 15 is 0 Å². The highest BCUT2D eigenvalue weighted by Gasteiger charge is 2.12. The molecule has 0 atom stereocenters. The summed E-state index contributed by atoms with van der Waals surface area (Å²) in [6.45, 7) is 4.38. The average molecular weight is 362 g/mol. The third-order valence-electron chi connectivity index (χ3n) is 3.58. The van der Waals surface area contributed by atoms with E-state index in [2.05, 4.69) is 30.7 Å². The van der Waals surface area contributed by atoms with E-state index in [4.69, 9.17) is 5.73 Å². The number of aromatic nitrogens is 5. The molecule has 5 N–H and O–H groups in total. The third kappa shape index (κ3) is 4.23. The zero-order valence-corrected chi connectivity index (χ0v) is 14.7. The van der Waals surface area contributed by atoms with Crippen LogP contribution >= 0.6 is 12.4 Å². The van der Waals surface area contributed by atoms with Gasteiger partial charge in [0.1, 0.15) is 5.82 Å². The van der Waals surface area contributed by atoms with E-state index in [1.54, 1.807) is 18.2 Å². The third-order valence-corrected chi connectivity index (χ3v) is 3.58. The van der Waals surface area contributed by atoms with Crippen molar-refractivity contribution in [3.05, 3.63) is 47.5 Å². The lowest BCUT2D eigenvalue weighted by Crippen LogP contribution is -2.12. The first-order valence-corrected chi connectivity index (χ1v) is 7.65. The van der Waals surface area contributed by atoms with Gasteiger partial charge in [-0.25, -0.2) is 4.98 Å². The Hall–Kier alpha value is -2.71.